The van der Waals surface area contributed by atoms with E-state index < -0.39 is 0 Å². The smallest absolute Gasteiger partial charge is 0.0906 e. The van der Waals surface area contributed by atoms with Crippen LogP contribution in [0.15, 0.2) is 0 Å². The standard InChI is InChI=1S/C9H18FNO/c10-5-2-6-11-7-4-9-3-1-8-12-9/h9,11H,1-8H2. The lowest BCUT2D eigenvalue weighted by molar-refractivity contribution is 0.104. The van der Waals surface area contributed by atoms with Gasteiger partial charge >= 0.3 is 0 Å². The third-order valence-electron chi connectivity index (χ3n) is 2.15. The molecule has 1 saturated heterocycles. The molecule has 0 aliphatic carbocycles. The van der Waals surface area contributed by atoms with Gasteiger partial charge in [-0.15, -0.1) is 0 Å². The van der Waals surface area contributed by atoms with E-state index in [9.17, 15) is 4.39 Å². The average Bonchev–Trinajstić information content (AvgIpc) is 2.57. The normalized spacial score (nSPS) is 23.2. The Kier molecular flexibility index (Phi) is 5.28. The Bertz CT molecular complexity index is 105. The largest absolute Gasteiger partial charge is 0.378 e. The number of ether oxygens (including phenoxy) is 1. The van der Waals surface area contributed by atoms with Crippen LogP contribution >= 0.6 is 0 Å². The number of hydrogen-bond donors (Lipinski definition) is 1. The Morgan fingerprint density at radius 2 is 2.33 bits per heavy atom. The maximum absolute atomic E-state index is 11.7. The molecule has 3 heteroatoms. The van der Waals surface area contributed by atoms with Crippen LogP contribution in [0.1, 0.15) is 25.7 Å². The minimum atomic E-state index is -0.215. The predicted octanol–water partition coefficient (Wildman–Crippen LogP) is 1.50. The van der Waals surface area contributed by atoms with Crippen molar-refractivity contribution in [3.63, 3.8) is 0 Å². The molecule has 1 unspecified atom stereocenters. The molecule has 1 N–H and O–H groups in total. The van der Waals surface area contributed by atoms with Crippen LogP contribution in [0.4, 0.5) is 4.39 Å². The van der Waals surface area contributed by atoms with Crippen molar-refractivity contribution < 1.29 is 9.13 Å². The van der Waals surface area contributed by atoms with E-state index >= 15 is 0 Å². The molecule has 0 aromatic heterocycles. The third kappa shape index (κ3) is 4.02. The number of hydrogen-bond acceptors (Lipinski definition) is 2. The second-order valence-corrected chi connectivity index (χ2v) is 3.22. The van der Waals surface area contributed by atoms with E-state index in [4.69, 9.17) is 4.74 Å². The van der Waals surface area contributed by atoms with Gasteiger partial charge in [-0.2, -0.15) is 0 Å². The van der Waals surface area contributed by atoms with Crippen LogP contribution in [0.25, 0.3) is 0 Å². The summed E-state index contributed by atoms with van der Waals surface area (Å²) in [6, 6.07) is 0. The van der Waals surface area contributed by atoms with Gasteiger partial charge in [0.1, 0.15) is 0 Å². The van der Waals surface area contributed by atoms with Gasteiger partial charge in [0.25, 0.3) is 0 Å². The fourth-order valence-corrected chi connectivity index (χ4v) is 1.45. The molecule has 0 saturated carbocycles. The van der Waals surface area contributed by atoms with Crippen molar-refractivity contribution in [2.24, 2.45) is 0 Å². The van der Waals surface area contributed by atoms with Gasteiger partial charge in [0, 0.05) is 6.61 Å². The van der Waals surface area contributed by atoms with Gasteiger partial charge in [0.2, 0.25) is 0 Å². The zero-order valence-corrected chi connectivity index (χ0v) is 7.52. The van der Waals surface area contributed by atoms with Gasteiger partial charge in [-0.05, 0) is 38.8 Å². The van der Waals surface area contributed by atoms with E-state index in [1.807, 2.05) is 0 Å². The van der Waals surface area contributed by atoms with E-state index in [1.54, 1.807) is 0 Å². The van der Waals surface area contributed by atoms with Crippen LogP contribution in [-0.2, 0) is 4.74 Å². The molecule has 0 radical (unpaired) electrons. The van der Waals surface area contributed by atoms with Crippen LogP contribution in [0, 0.1) is 0 Å². The molecule has 0 bridgehead atoms. The molecule has 0 amide bonds. The molecular formula is C9H18FNO. The maximum Gasteiger partial charge on any atom is 0.0906 e. The van der Waals surface area contributed by atoms with Crippen molar-refractivity contribution in [3.05, 3.63) is 0 Å². The molecule has 1 heterocycles. The highest BCUT2D eigenvalue weighted by molar-refractivity contribution is 4.65. The zero-order valence-electron chi connectivity index (χ0n) is 7.52. The molecule has 1 fully saturated rings. The van der Waals surface area contributed by atoms with E-state index in [-0.39, 0.29) is 6.67 Å². The highest BCUT2D eigenvalue weighted by atomic mass is 19.1. The first-order chi connectivity index (χ1) is 5.93. The summed E-state index contributed by atoms with van der Waals surface area (Å²) in [6.45, 7) is 2.47. The lowest BCUT2D eigenvalue weighted by Crippen LogP contribution is -2.21. The van der Waals surface area contributed by atoms with Crippen molar-refractivity contribution >= 4 is 0 Å². The summed E-state index contributed by atoms with van der Waals surface area (Å²) in [5, 5.41) is 3.19. The van der Waals surface area contributed by atoms with Crippen molar-refractivity contribution in [1.82, 2.24) is 5.32 Å². The monoisotopic (exact) mass is 175 g/mol. The summed E-state index contributed by atoms with van der Waals surface area (Å²) in [6.07, 6.45) is 4.57. The Morgan fingerprint density at radius 1 is 1.42 bits per heavy atom. The molecule has 72 valence electrons. The van der Waals surface area contributed by atoms with Gasteiger partial charge in [0.15, 0.2) is 0 Å². The second-order valence-electron chi connectivity index (χ2n) is 3.22. The quantitative estimate of drug-likeness (QED) is 0.618. The fraction of sp³-hybridized carbons (Fsp3) is 1.00. The van der Waals surface area contributed by atoms with E-state index in [0.717, 1.165) is 26.1 Å². The molecule has 1 rings (SSSR count). The Hall–Kier alpha value is -0.150. The molecule has 12 heavy (non-hydrogen) atoms. The first-order valence-corrected chi connectivity index (χ1v) is 4.82. The van der Waals surface area contributed by atoms with E-state index in [0.29, 0.717) is 12.5 Å². The van der Waals surface area contributed by atoms with Crippen LogP contribution in [0.3, 0.4) is 0 Å². The molecular weight excluding hydrogens is 157 g/mol. The molecule has 0 aromatic carbocycles. The predicted molar refractivity (Wildman–Crippen MR) is 47.1 cm³/mol. The molecule has 1 aliphatic heterocycles. The Morgan fingerprint density at radius 3 is 3.00 bits per heavy atom. The molecule has 1 atom stereocenters. The van der Waals surface area contributed by atoms with Crippen molar-refractivity contribution in [2.75, 3.05) is 26.4 Å². The van der Waals surface area contributed by atoms with E-state index in [2.05, 4.69) is 5.32 Å². The van der Waals surface area contributed by atoms with Gasteiger partial charge in [-0.3, -0.25) is 4.39 Å². The van der Waals surface area contributed by atoms with Crippen molar-refractivity contribution in [1.29, 1.82) is 0 Å². The minimum Gasteiger partial charge on any atom is -0.378 e. The molecule has 2 nitrogen and oxygen atoms in total. The molecule has 0 aromatic rings. The maximum atomic E-state index is 11.7. The van der Waals surface area contributed by atoms with Gasteiger partial charge < -0.3 is 10.1 Å². The first kappa shape index (κ1) is 9.93. The van der Waals surface area contributed by atoms with E-state index in [1.165, 1.54) is 12.8 Å². The topological polar surface area (TPSA) is 21.3 Å². The highest BCUT2D eigenvalue weighted by Crippen LogP contribution is 2.14. The number of nitrogens with one attached hydrogen (secondary N) is 1. The van der Waals surface area contributed by atoms with Gasteiger partial charge in [-0.1, -0.05) is 0 Å². The SMILES string of the molecule is FCCCNCCC1CCCO1. The first-order valence-electron chi connectivity index (χ1n) is 4.82. The lowest BCUT2D eigenvalue weighted by atomic mass is 10.2. The van der Waals surface area contributed by atoms with Gasteiger partial charge in [-0.25, -0.2) is 0 Å². The third-order valence-corrected chi connectivity index (χ3v) is 2.15. The summed E-state index contributed by atoms with van der Waals surface area (Å²) in [5.74, 6) is 0. The van der Waals surface area contributed by atoms with Crippen LogP contribution in [0.2, 0.25) is 0 Å². The second kappa shape index (κ2) is 6.38. The van der Waals surface area contributed by atoms with Crippen LogP contribution in [-0.4, -0.2) is 32.5 Å². The fourth-order valence-electron chi connectivity index (χ4n) is 1.45. The summed E-state index contributed by atoms with van der Waals surface area (Å²) in [5.41, 5.74) is 0. The molecule has 0 spiro atoms. The number of halogens is 1. The van der Waals surface area contributed by atoms with Gasteiger partial charge in [0.05, 0.1) is 12.8 Å². The lowest BCUT2D eigenvalue weighted by Gasteiger charge is -2.08. The highest BCUT2D eigenvalue weighted by Gasteiger charge is 2.13. The average molecular weight is 175 g/mol. The molecule has 1 aliphatic rings. The zero-order chi connectivity index (χ0) is 8.65. The number of rotatable bonds is 6. The van der Waals surface area contributed by atoms with Crippen molar-refractivity contribution in [2.45, 2.75) is 31.8 Å². The van der Waals surface area contributed by atoms with Crippen LogP contribution < -0.4 is 5.32 Å². The minimum absolute atomic E-state index is 0.215. The summed E-state index contributed by atoms with van der Waals surface area (Å²) in [7, 11) is 0. The Balaban J connectivity index is 1.81. The van der Waals surface area contributed by atoms with Crippen LogP contribution in [0.5, 0.6) is 0 Å². The summed E-state index contributed by atoms with van der Waals surface area (Å²) >= 11 is 0. The number of alkyl halides is 1. The summed E-state index contributed by atoms with van der Waals surface area (Å²) in [4.78, 5) is 0. The summed E-state index contributed by atoms with van der Waals surface area (Å²) < 4.78 is 17.1. The Labute approximate surface area is 73.5 Å². The van der Waals surface area contributed by atoms with Crippen molar-refractivity contribution in [3.8, 4) is 0 Å².